The predicted octanol–water partition coefficient (Wildman–Crippen LogP) is 5.17. The third-order valence-electron chi connectivity index (χ3n) is 6.74. The molecule has 3 aromatic carbocycles. The Hall–Kier alpha value is -4.15. The summed E-state index contributed by atoms with van der Waals surface area (Å²) in [6.07, 6.45) is 1.63. The number of carbonyl (C=O) groups excluding carboxylic acids is 1. The molecule has 208 valence electrons. The van der Waals surface area contributed by atoms with Crippen LogP contribution in [0.25, 0.3) is 22.0 Å². The van der Waals surface area contributed by atoms with Gasteiger partial charge in [0.15, 0.2) is 11.6 Å². The summed E-state index contributed by atoms with van der Waals surface area (Å²) in [5, 5.41) is 16.5. The number of fused-ring (bicyclic) bond motifs is 1. The highest BCUT2D eigenvalue weighted by molar-refractivity contribution is 5.95. The van der Waals surface area contributed by atoms with Crippen LogP contribution in [0.5, 0.6) is 0 Å². The molecule has 1 aromatic heterocycles. The number of para-hydroxylation sites is 1. The van der Waals surface area contributed by atoms with E-state index in [0.29, 0.717) is 43.9 Å². The lowest BCUT2D eigenvalue weighted by Gasteiger charge is -2.38. The number of nitrogens with one attached hydrogen (secondary N) is 2. The molecule has 4 aromatic rings. The molecule has 1 amide bonds. The lowest BCUT2D eigenvalue weighted by molar-refractivity contribution is -0.114. The normalized spacial score (nSPS) is 14.4. The van der Waals surface area contributed by atoms with Gasteiger partial charge in [-0.25, -0.2) is 18.7 Å². The van der Waals surface area contributed by atoms with Gasteiger partial charge < -0.3 is 20.6 Å². The van der Waals surface area contributed by atoms with E-state index in [0.717, 1.165) is 16.5 Å². The van der Waals surface area contributed by atoms with Crippen LogP contribution in [0.4, 0.5) is 31.8 Å². The van der Waals surface area contributed by atoms with Gasteiger partial charge in [0.2, 0.25) is 11.9 Å². The number of hydrogen-bond donors (Lipinski definition) is 3. The summed E-state index contributed by atoms with van der Waals surface area (Å²) in [7, 11) is 0. The monoisotopic (exact) mass is 546 g/mol. The molecule has 0 saturated carbocycles. The van der Waals surface area contributed by atoms with Crippen molar-refractivity contribution in [3.63, 3.8) is 0 Å². The van der Waals surface area contributed by atoms with Gasteiger partial charge in [-0.15, -0.1) is 0 Å². The smallest absolute Gasteiger partial charge is 0.227 e. The third-order valence-corrected chi connectivity index (χ3v) is 6.74. The second kappa shape index (κ2) is 11.1. The van der Waals surface area contributed by atoms with Gasteiger partial charge in [-0.1, -0.05) is 30.3 Å². The number of β-amino-alcohol motifs (C(OH)–C–C–N with tert-alkyl or cyclic N) is 1. The zero-order valence-electron chi connectivity index (χ0n) is 22.7. The van der Waals surface area contributed by atoms with Crippen LogP contribution in [0.1, 0.15) is 20.8 Å². The number of aliphatic hydroxyl groups is 1. The van der Waals surface area contributed by atoms with Gasteiger partial charge in [0.25, 0.3) is 0 Å². The van der Waals surface area contributed by atoms with Crippen LogP contribution >= 0.6 is 0 Å². The zero-order chi connectivity index (χ0) is 28.4. The number of hydrogen-bond acceptors (Lipinski definition) is 7. The molecule has 0 aliphatic carbocycles. The molecule has 5 rings (SSSR count). The maximum Gasteiger partial charge on any atom is 0.227 e. The van der Waals surface area contributed by atoms with Crippen molar-refractivity contribution in [2.75, 3.05) is 48.3 Å². The summed E-state index contributed by atoms with van der Waals surface area (Å²) >= 11 is 0. The van der Waals surface area contributed by atoms with Gasteiger partial charge in [0, 0.05) is 62.5 Å². The van der Waals surface area contributed by atoms with Gasteiger partial charge in [-0.2, -0.15) is 0 Å². The molecule has 1 fully saturated rings. The fourth-order valence-corrected chi connectivity index (χ4v) is 5.01. The molecule has 1 aliphatic rings. The standard InChI is InChI=1S/C30H32F2N6O2/c1-19(39)34-22-8-4-6-20(16-22)23-9-5-7-21-17-33-29(36-28(21)23)35-24-10-11-25(27(32)26(24)31)38-14-12-37(13-15-38)18-30(2,3)40/h4-11,16-17,40H,12-15,18H2,1-3H3,(H,34,39)(H,33,35,36). The lowest BCUT2D eigenvalue weighted by Crippen LogP contribution is -2.50. The SMILES string of the molecule is CC(=O)Nc1cccc(-c2cccc3cnc(Nc4ccc(N5CCN(CC(C)(C)O)CC5)c(F)c4F)nc23)c1. The molecule has 10 heteroatoms. The summed E-state index contributed by atoms with van der Waals surface area (Å²) in [5.41, 5.74) is 2.26. The fourth-order valence-electron chi connectivity index (χ4n) is 5.01. The van der Waals surface area contributed by atoms with Crippen molar-refractivity contribution in [3.05, 3.63) is 72.4 Å². The van der Waals surface area contributed by atoms with Crippen LogP contribution in [-0.4, -0.2) is 64.2 Å². The largest absolute Gasteiger partial charge is 0.389 e. The minimum atomic E-state index is -1.00. The van der Waals surface area contributed by atoms with Crippen molar-refractivity contribution in [2.24, 2.45) is 0 Å². The Morgan fingerprint density at radius 1 is 1.02 bits per heavy atom. The maximum atomic E-state index is 15.2. The molecule has 1 saturated heterocycles. The van der Waals surface area contributed by atoms with Crippen molar-refractivity contribution < 1.29 is 18.7 Å². The second-order valence-electron chi connectivity index (χ2n) is 10.7. The zero-order valence-corrected chi connectivity index (χ0v) is 22.7. The Kier molecular flexibility index (Phi) is 7.64. The Bertz CT molecular complexity index is 1550. The van der Waals surface area contributed by atoms with E-state index in [1.807, 2.05) is 41.3 Å². The average molecular weight is 547 g/mol. The van der Waals surface area contributed by atoms with E-state index in [9.17, 15) is 9.90 Å². The van der Waals surface area contributed by atoms with E-state index in [4.69, 9.17) is 0 Å². The highest BCUT2D eigenvalue weighted by Gasteiger charge is 2.25. The number of halogens is 2. The molecule has 3 N–H and O–H groups in total. The lowest BCUT2D eigenvalue weighted by atomic mass is 10.0. The first-order chi connectivity index (χ1) is 19.1. The average Bonchev–Trinajstić information content (AvgIpc) is 2.90. The predicted molar refractivity (Wildman–Crippen MR) is 154 cm³/mol. The fraction of sp³-hybridized carbons (Fsp3) is 0.300. The van der Waals surface area contributed by atoms with Gasteiger partial charge in [0.1, 0.15) is 0 Å². The molecule has 0 atom stereocenters. The Morgan fingerprint density at radius 2 is 1.77 bits per heavy atom. The molecule has 1 aliphatic heterocycles. The highest BCUT2D eigenvalue weighted by atomic mass is 19.2. The molecule has 0 bridgehead atoms. The molecular formula is C30H32F2N6O2. The van der Waals surface area contributed by atoms with E-state index in [2.05, 4.69) is 25.5 Å². The van der Waals surface area contributed by atoms with E-state index in [1.54, 1.807) is 32.2 Å². The van der Waals surface area contributed by atoms with Crippen LogP contribution in [0.2, 0.25) is 0 Å². The number of amides is 1. The van der Waals surface area contributed by atoms with Crippen molar-refractivity contribution >= 4 is 39.8 Å². The Balaban J connectivity index is 1.37. The molecular weight excluding hydrogens is 514 g/mol. The quantitative estimate of drug-likeness (QED) is 0.295. The first kappa shape index (κ1) is 27.4. The third kappa shape index (κ3) is 6.19. The van der Waals surface area contributed by atoms with Gasteiger partial charge in [-0.3, -0.25) is 9.69 Å². The molecule has 2 heterocycles. The van der Waals surface area contributed by atoms with Gasteiger partial charge >= 0.3 is 0 Å². The van der Waals surface area contributed by atoms with Crippen LogP contribution in [0, 0.1) is 11.6 Å². The highest BCUT2D eigenvalue weighted by Crippen LogP contribution is 2.32. The number of aromatic nitrogens is 2. The van der Waals surface area contributed by atoms with Crippen molar-refractivity contribution in [2.45, 2.75) is 26.4 Å². The second-order valence-corrected chi connectivity index (χ2v) is 10.7. The number of carbonyl (C=O) groups is 1. The Morgan fingerprint density at radius 3 is 2.50 bits per heavy atom. The molecule has 0 unspecified atom stereocenters. The number of piperazine rings is 1. The first-order valence-electron chi connectivity index (χ1n) is 13.2. The molecule has 0 spiro atoms. The summed E-state index contributed by atoms with van der Waals surface area (Å²) in [6, 6.07) is 16.1. The number of anilines is 4. The van der Waals surface area contributed by atoms with Crippen LogP contribution in [0.15, 0.2) is 60.8 Å². The Labute approximate surface area is 231 Å². The number of benzene rings is 3. The molecule has 8 nitrogen and oxygen atoms in total. The minimum absolute atomic E-state index is 0.0635. The minimum Gasteiger partial charge on any atom is -0.389 e. The van der Waals surface area contributed by atoms with Crippen LogP contribution in [0.3, 0.4) is 0 Å². The topological polar surface area (TPSA) is 93.6 Å². The van der Waals surface area contributed by atoms with Crippen LogP contribution in [-0.2, 0) is 4.79 Å². The van der Waals surface area contributed by atoms with E-state index in [-0.39, 0.29) is 23.2 Å². The number of rotatable bonds is 7. The van der Waals surface area contributed by atoms with Gasteiger partial charge in [-0.05, 0) is 43.7 Å². The first-order valence-corrected chi connectivity index (χ1v) is 13.2. The van der Waals surface area contributed by atoms with E-state index < -0.39 is 17.2 Å². The van der Waals surface area contributed by atoms with Crippen molar-refractivity contribution in [3.8, 4) is 11.1 Å². The van der Waals surface area contributed by atoms with Crippen molar-refractivity contribution in [1.82, 2.24) is 14.9 Å². The van der Waals surface area contributed by atoms with Crippen molar-refractivity contribution in [1.29, 1.82) is 0 Å². The van der Waals surface area contributed by atoms with Gasteiger partial charge in [0.05, 0.1) is 22.5 Å². The molecule has 40 heavy (non-hydrogen) atoms. The molecule has 0 radical (unpaired) electrons. The summed E-state index contributed by atoms with van der Waals surface area (Å²) in [6.45, 7) is 7.83. The number of nitrogens with zero attached hydrogens (tertiary/aromatic N) is 4. The summed E-state index contributed by atoms with van der Waals surface area (Å²) < 4.78 is 30.4. The maximum absolute atomic E-state index is 15.2. The van der Waals surface area contributed by atoms with Crippen LogP contribution < -0.4 is 15.5 Å². The van der Waals surface area contributed by atoms with E-state index >= 15 is 8.78 Å². The summed E-state index contributed by atoms with van der Waals surface area (Å²) in [4.78, 5) is 24.4. The van der Waals surface area contributed by atoms with E-state index in [1.165, 1.54) is 13.0 Å². The summed E-state index contributed by atoms with van der Waals surface area (Å²) in [5.74, 6) is -1.98.